The van der Waals surface area contributed by atoms with Gasteiger partial charge < -0.3 is 9.73 Å². The molecule has 0 unspecified atom stereocenters. The van der Waals surface area contributed by atoms with E-state index < -0.39 is 10.0 Å². The second-order valence-corrected chi connectivity index (χ2v) is 7.79. The Hall–Kier alpha value is -2.87. The fraction of sp³-hybridized carbons (Fsp3) is 0.263. The average molecular weight is 387 g/mol. The molecule has 1 aromatic heterocycles. The molecule has 1 aliphatic rings. The van der Waals surface area contributed by atoms with Gasteiger partial charge in [0, 0.05) is 24.7 Å². The van der Waals surface area contributed by atoms with Crippen LogP contribution in [0.5, 0.6) is 0 Å². The Morgan fingerprint density at radius 3 is 2.67 bits per heavy atom. The zero-order chi connectivity index (χ0) is 19.1. The summed E-state index contributed by atoms with van der Waals surface area (Å²) in [6.45, 7) is 0.647. The summed E-state index contributed by atoms with van der Waals surface area (Å²) >= 11 is 0. The molecule has 0 bridgehead atoms. The largest absolute Gasteiger partial charge is 0.465 e. The van der Waals surface area contributed by atoms with Gasteiger partial charge in [-0.1, -0.05) is 6.42 Å². The maximum atomic E-state index is 12.5. The van der Waals surface area contributed by atoms with Crippen LogP contribution in [0.1, 0.15) is 31.4 Å². The van der Waals surface area contributed by atoms with Gasteiger partial charge in [0.2, 0.25) is 5.91 Å². The summed E-state index contributed by atoms with van der Waals surface area (Å²) in [5.41, 5.74) is 0.495. The molecule has 27 heavy (non-hydrogen) atoms. The fourth-order valence-electron chi connectivity index (χ4n) is 2.62. The van der Waals surface area contributed by atoms with E-state index in [9.17, 15) is 13.2 Å². The van der Waals surface area contributed by atoms with Gasteiger partial charge >= 0.3 is 0 Å². The van der Waals surface area contributed by atoms with Crippen molar-refractivity contribution in [3.05, 3.63) is 54.5 Å². The first-order valence-electron chi connectivity index (χ1n) is 8.72. The van der Waals surface area contributed by atoms with Crippen LogP contribution in [0.25, 0.3) is 6.08 Å². The molecule has 0 aliphatic carbocycles. The first-order valence-corrected chi connectivity index (χ1v) is 10.2. The van der Waals surface area contributed by atoms with E-state index in [-0.39, 0.29) is 10.8 Å². The number of carbonyl (C=O) groups is 1. The second kappa shape index (κ2) is 8.68. The number of aliphatic imine (C=N–C) groups is 1. The number of nitrogens with one attached hydrogen (secondary N) is 2. The molecule has 142 valence electrons. The second-order valence-electron chi connectivity index (χ2n) is 6.11. The van der Waals surface area contributed by atoms with Crippen LogP contribution in [-0.2, 0) is 14.8 Å². The Morgan fingerprint density at radius 2 is 1.93 bits per heavy atom. The molecular weight excluding hydrogens is 366 g/mol. The smallest absolute Gasteiger partial charge is 0.262 e. The van der Waals surface area contributed by atoms with E-state index in [1.165, 1.54) is 24.5 Å². The summed E-state index contributed by atoms with van der Waals surface area (Å²) in [5, 5.41) is 2.67. The molecule has 0 radical (unpaired) electrons. The van der Waals surface area contributed by atoms with Crippen LogP contribution in [0.15, 0.2) is 63.0 Å². The van der Waals surface area contributed by atoms with E-state index in [0.717, 1.165) is 19.3 Å². The van der Waals surface area contributed by atoms with E-state index >= 15 is 0 Å². The minimum absolute atomic E-state index is 0.124. The predicted molar refractivity (Wildman–Crippen MR) is 104 cm³/mol. The van der Waals surface area contributed by atoms with Crippen LogP contribution < -0.4 is 10.0 Å². The Kier molecular flexibility index (Phi) is 6.08. The summed E-state index contributed by atoms with van der Waals surface area (Å²) in [6.07, 6.45) is 8.00. The molecule has 0 atom stereocenters. The van der Waals surface area contributed by atoms with Gasteiger partial charge in [-0.05, 0) is 55.3 Å². The number of hydrogen-bond donors (Lipinski definition) is 2. The van der Waals surface area contributed by atoms with Crippen molar-refractivity contribution in [2.75, 3.05) is 11.9 Å². The average Bonchev–Trinajstić information content (AvgIpc) is 3.04. The number of sulfonamides is 1. The first kappa shape index (κ1) is 18.9. The van der Waals surface area contributed by atoms with Crippen LogP contribution in [0.4, 0.5) is 5.69 Å². The Balaban J connectivity index is 1.62. The van der Waals surface area contributed by atoms with Crippen LogP contribution in [0, 0.1) is 0 Å². The van der Waals surface area contributed by atoms with E-state index in [1.54, 1.807) is 30.3 Å². The number of amides is 1. The van der Waals surface area contributed by atoms with Crippen LogP contribution >= 0.6 is 0 Å². The molecule has 8 heteroatoms. The normalized spacial score (nSPS) is 15.2. The van der Waals surface area contributed by atoms with Crippen molar-refractivity contribution < 1.29 is 17.6 Å². The molecule has 1 amide bonds. The van der Waals surface area contributed by atoms with E-state index in [2.05, 4.69) is 15.0 Å². The Morgan fingerprint density at radius 1 is 1.11 bits per heavy atom. The van der Waals surface area contributed by atoms with Crippen LogP contribution in [0.3, 0.4) is 0 Å². The predicted octanol–water partition coefficient (Wildman–Crippen LogP) is 3.18. The molecule has 0 saturated heterocycles. The zero-order valence-corrected chi connectivity index (χ0v) is 15.5. The molecule has 1 aromatic carbocycles. The van der Waals surface area contributed by atoms with Gasteiger partial charge in [-0.25, -0.2) is 8.42 Å². The lowest BCUT2D eigenvalue weighted by Gasteiger charge is -2.10. The molecule has 2 N–H and O–H groups in total. The summed E-state index contributed by atoms with van der Waals surface area (Å²) in [4.78, 5) is 16.3. The Labute approximate surface area is 158 Å². The SMILES string of the molecule is O=C(/C=C/c1ccco1)Nc1ccc(S(=O)(=O)NC2=NCCCCC2)cc1. The number of hydrogen-bond acceptors (Lipinski definition) is 5. The molecule has 0 saturated carbocycles. The van der Waals surface area contributed by atoms with E-state index in [4.69, 9.17) is 4.42 Å². The third kappa shape index (κ3) is 5.55. The monoisotopic (exact) mass is 387 g/mol. The summed E-state index contributed by atoms with van der Waals surface area (Å²) in [5.74, 6) is 0.736. The summed E-state index contributed by atoms with van der Waals surface area (Å²) in [6, 6.07) is 9.45. The number of anilines is 1. The highest BCUT2D eigenvalue weighted by Gasteiger charge is 2.17. The maximum absolute atomic E-state index is 12.5. The number of furan rings is 1. The number of carbonyl (C=O) groups excluding carboxylic acids is 1. The fourth-order valence-corrected chi connectivity index (χ4v) is 3.71. The topological polar surface area (TPSA) is 101 Å². The van der Waals surface area contributed by atoms with E-state index in [1.807, 2.05) is 0 Å². The van der Waals surface area contributed by atoms with E-state index in [0.29, 0.717) is 30.2 Å². The minimum Gasteiger partial charge on any atom is -0.465 e. The van der Waals surface area contributed by atoms with Gasteiger partial charge in [-0.15, -0.1) is 0 Å². The molecule has 2 heterocycles. The summed E-state index contributed by atoms with van der Waals surface area (Å²) < 4.78 is 32.6. The third-order valence-corrected chi connectivity index (χ3v) is 5.40. The van der Waals surface area contributed by atoms with Crippen molar-refractivity contribution in [3.63, 3.8) is 0 Å². The summed E-state index contributed by atoms with van der Waals surface area (Å²) in [7, 11) is -3.68. The Bertz CT molecular complexity index is 930. The molecule has 1 aliphatic heterocycles. The quantitative estimate of drug-likeness (QED) is 0.770. The number of amidine groups is 1. The van der Waals surface area contributed by atoms with Crippen molar-refractivity contribution in [1.82, 2.24) is 4.72 Å². The number of rotatable bonds is 5. The molecule has 2 aromatic rings. The van der Waals surface area contributed by atoms with Crippen molar-refractivity contribution in [2.45, 2.75) is 30.6 Å². The maximum Gasteiger partial charge on any atom is 0.262 e. The van der Waals surface area contributed by atoms with Crippen molar-refractivity contribution >= 4 is 33.5 Å². The highest BCUT2D eigenvalue weighted by molar-refractivity contribution is 7.90. The number of nitrogens with zero attached hydrogens (tertiary/aromatic N) is 1. The minimum atomic E-state index is -3.68. The molecule has 3 rings (SSSR count). The van der Waals surface area contributed by atoms with Gasteiger partial charge in [0.15, 0.2) is 0 Å². The lowest BCUT2D eigenvalue weighted by atomic mass is 10.2. The van der Waals surface area contributed by atoms with Gasteiger partial charge in [-0.2, -0.15) is 0 Å². The standard InChI is InChI=1S/C19H21N3O4S/c23-19(12-9-16-5-4-14-26-16)21-15-7-10-17(11-8-15)27(24,25)22-18-6-2-1-3-13-20-18/h4-5,7-12,14H,1-3,6,13H2,(H,20,22)(H,21,23)/b12-9+. The lowest BCUT2D eigenvalue weighted by molar-refractivity contribution is -0.111. The first-order chi connectivity index (χ1) is 13.0. The highest BCUT2D eigenvalue weighted by atomic mass is 32.2. The van der Waals surface area contributed by atoms with Gasteiger partial charge in [0.25, 0.3) is 10.0 Å². The molecule has 0 fully saturated rings. The highest BCUT2D eigenvalue weighted by Crippen LogP contribution is 2.15. The number of benzene rings is 1. The van der Waals surface area contributed by atoms with Crippen LogP contribution in [0.2, 0.25) is 0 Å². The zero-order valence-electron chi connectivity index (χ0n) is 14.7. The third-order valence-electron chi connectivity index (χ3n) is 4.00. The lowest BCUT2D eigenvalue weighted by Crippen LogP contribution is -2.30. The van der Waals surface area contributed by atoms with Gasteiger partial charge in [0.05, 0.1) is 11.2 Å². The van der Waals surface area contributed by atoms with Gasteiger partial charge in [-0.3, -0.25) is 14.5 Å². The van der Waals surface area contributed by atoms with Crippen LogP contribution in [-0.4, -0.2) is 26.7 Å². The van der Waals surface area contributed by atoms with Gasteiger partial charge in [0.1, 0.15) is 11.6 Å². The molecular formula is C19H21N3O4S. The van der Waals surface area contributed by atoms with Crippen molar-refractivity contribution in [3.8, 4) is 0 Å². The molecule has 7 nitrogen and oxygen atoms in total. The van der Waals surface area contributed by atoms with Crippen molar-refractivity contribution in [2.24, 2.45) is 4.99 Å². The van der Waals surface area contributed by atoms with Crippen molar-refractivity contribution in [1.29, 1.82) is 0 Å². The molecule has 0 spiro atoms.